The SMILES string of the molecule is CCCn1ncc(OC)c1C(C)(O)C=O. The van der Waals surface area contributed by atoms with Crippen molar-refractivity contribution in [3.8, 4) is 5.75 Å². The van der Waals surface area contributed by atoms with Gasteiger partial charge in [-0.05, 0) is 13.3 Å². The van der Waals surface area contributed by atoms with E-state index in [-0.39, 0.29) is 0 Å². The number of aryl methyl sites for hydroxylation is 1. The Balaban J connectivity index is 3.21. The Morgan fingerprint density at radius 1 is 1.73 bits per heavy atom. The van der Waals surface area contributed by atoms with Gasteiger partial charge < -0.3 is 9.84 Å². The molecule has 0 saturated carbocycles. The number of hydrogen-bond acceptors (Lipinski definition) is 4. The van der Waals surface area contributed by atoms with Gasteiger partial charge in [0.25, 0.3) is 0 Å². The van der Waals surface area contributed by atoms with E-state index in [1.807, 2.05) is 6.92 Å². The highest BCUT2D eigenvalue weighted by Gasteiger charge is 2.31. The van der Waals surface area contributed by atoms with Crippen molar-refractivity contribution >= 4 is 6.29 Å². The molecule has 1 rings (SSSR count). The van der Waals surface area contributed by atoms with Gasteiger partial charge >= 0.3 is 0 Å². The number of methoxy groups -OCH3 is 1. The molecule has 0 aliphatic rings. The lowest BCUT2D eigenvalue weighted by Gasteiger charge is -2.18. The van der Waals surface area contributed by atoms with E-state index >= 15 is 0 Å². The van der Waals surface area contributed by atoms with Gasteiger partial charge in [0.2, 0.25) is 0 Å². The number of ether oxygens (including phenoxy) is 1. The number of hydrogen-bond donors (Lipinski definition) is 1. The first-order valence-corrected chi connectivity index (χ1v) is 4.85. The van der Waals surface area contributed by atoms with Gasteiger partial charge in [0.1, 0.15) is 5.69 Å². The van der Waals surface area contributed by atoms with Crippen LogP contribution in [0.15, 0.2) is 6.20 Å². The first kappa shape index (κ1) is 11.7. The molecule has 15 heavy (non-hydrogen) atoms. The highest BCUT2D eigenvalue weighted by atomic mass is 16.5. The summed E-state index contributed by atoms with van der Waals surface area (Å²) in [6, 6.07) is 0. The maximum absolute atomic E-state index is 10.8. The minimum Gasteiger partial charge on any atom is -0.493 e. The Kier molecular flexibility index (Phi) is 3.47. The highest BCUT2D eigenvalue weighted by molar-refractivity contribution is 5.65. The summed E-state index contributed by atoms with van der Waals surface area (Å²) in [6.07, 6.45) is 2.86. The van der Waals surface area contributed by atoms with E-state index in [0.717, 1.165) is 6.42 Å². The van der Waals surface area contributed by atoms with Crippen LogP contribution in [0.25, 0.3) is 0 Å². The van der Waals surface area contributed by atoms with Crippen molar-refractivity contribution in [1.82, 2.24) is 9.78 Å². The van der Waals surface area contributed by atoms with Gasteiger partial charge in [-0.2, -0.15) is 5.10 Å². The lowest BCUT2D eigenvalue weighted by molar-refractivity contribution is -0.123. The van der Waals surface area contributed by atoms with Gasteiger partial charge in [0.15, 0.2) is 17.6 Å². The predicted molar refractivity (Wildman–Crippen MR) is 54.7 cm³/mol. The molecule has 1 atom stereocenters. The summed E-state index contributed by atoms with van der Waals surface area (Å²) in [4.78, 5) is 10.8. The summed E-state index contributed by atoms with van der Waals surface area (Å²) in [7, 11) is 1.48. The van der Waals surface area contributed by atoms with E-state index in [1.54, 1.807) is 4.68 Å². The fourth-order valence-corrected chi connectivity index (χ4v) is 1.47. The van der Waals surface area contributed by atoms with E-state index in [1.165, 1.54) is 20.2 Å². The minimum absolute atomic E-state index is 0.404. The van der Waals surface area contributed by atoms with Crippen LogP contribution < -0.4 is 4.74 Å². The lowest BCUT2D eigenvalue weighted by Crippen LogP contribution is -2.27. The average Bonchev–Trinajstić information content (AvgIpc) is 2.62. The third-order valence-electron chi connectivity index (χ3n) is 2.17. The van der Waals surface area contributed by atoms with Crippen molar-refractivity contribution in [2.24, 2.45) is 0 Å². The third kappa shape index (κ3) is 2.18. The Morgan fingerprint density at radius 2 is 2.40 bits per heavy atom. The number of aldehydes is 1. The maximum Gasteiger partial charge on any atom is 0.163 e. The van der Waals surface area contributed by atoms with Crippen molar-refractivity contribution in [2.75, 3.05) is 7.11 Å². The highest BCUT2D eigenvalue weighted by Crippen LogP contribution is 2.28. The van der Waals surface area contributed by atoms with Crippen LogP contribution in [-0.2, 0) is 16.9 Å². The molecule has 0 fully saturated rings. The van der Waals surface area contributed by atoms with E-state index in [0.29, 0.717) is 24.3 Å². The average molecular weight is 212 g/mol. The molecule has 5 heteroatoms. The fourth-order valence-electron chi connectivity index (χ4n) is 1.47. The lowest BCUT2D eigenvalue weighted by atomic mass is 10.0. The molecule has 1 heterocycles. The second kappa shape index (κ2) is 4.44. The summed E-state index contributed by atoms with van der Waals surface area (Å²) in [6.45, 7) is 4.06. The second-order valence-corrected chi connectivity index (χ2v) is 3.55. The molecule has 0 aliphatic carbocycles. The molecule has 1 N–H and O–H groups in total. The molecule has 1 aromatic heterocycles. The van der Waals surface area contributed by atoms with Crippen molar-refractivity contribution in [2.45, 2.75) is 32.4 Å². The summed E-state index contributed by atoms with van der Waals surface area (Å²) < 4.78 is 6.65. The zero-order valence-electron chi connectivity index (χ0n) is 9.23. The van der Waals surface area contributed by atoms with Gasteiger partial charge in [-0.15, -0.1) is 0 Å². The minimum atomic E-state index is -1.56. The van der Waals surface area contributed by atoms with E-state index in [2.05, 4.69) is 5.10 Å². The molecular weight excluding hydrogens is 196 g/mol. The molecule has 1 aromatic rings. The third-order valence-corrected chi connectivity index (χ3v) is 2.17. The van der Waals surface area contributed by atoms with Crippen LogP contribution in [0, 0.1) is 0 Å². The van der Waals surface area contributed by atoms with Crippen LogP contribution in [-0.4, -0.2) is 28.3 Å². The molecule has 0 radical (unpaired) electrons. The van der Waals surface area contributed by atoms with Crippen molar-refractivity contribution in [3.63, 3.8) is 0 Å². The molecule has 84 valence electrons. The Bertz CT molecular complexity index is 344. The normalized spacial score (nSPS) is 14.7. The van der Waals surface area contributed by atoms with Crippen LogP contribution in [0.2, 0.25) is 0 Å². The Labute approximate surface area is 88.7 Å². The number of aliphatic hydroxyl groups is 1. The van der Waals surface area contributed by atoms with E-state index in [4.69, 9.17) is 4.74 Å². The molecule has 0 spiro atoms. The van der Waals surface area contributed by atoms with Crippen molar-refractivity contribution in [3.05, 3.63) is 11.9 Å². The smallest absolute Gasteiger partial charge is 0.163 e. The number of aromatic nitrogens is 2. The van der Waals surface area contributed by atoms with E-state index in [9.17, 15) is 9.90 Å². The van der Waals surface area contributed by atoms with Gasteiger partial charge in [-0.25, -0.2) is 0 Å². The number of rotatable bonds is 5. The molecule has 0 bridgehead atoms. The zero-order valence-corrected chi connectivity index (χ0v) is 9.23. The van der Waals surface area contributed by atoms with Crippen LogP contribution in [0.3, 0.4) is 0 Å². The first-order chi connectivity index (χ1) is 7.06. The Hall–Kier alpha value is -1.36. The van der Waals surface area contributed by atoms with Crippen molar-refractivity contribution < 1.29 is 14.6 Å². The standard InChI is InChI=1S/C10H16N2O3/c1-4-5-12-9(10(2,14)7-13)8(15-3)6-11-12/h6-7,14H,4-5H2,1-3H3. The first-order valence-electron chi connectivity index (χ1n) is 4.85. The monoisotopic (exact) mass is 212 g/mol. The molecule has 0 saturated heterocycles. The summed E-state index contributed by atoms with van der Waals surface area (Å²) in [5.41, 5.74) is -1.15. The number of carbonyl (C=O) groups is 1. The van der Waals surface area contributed by atoms with E-state index < -0.39 is 5.60 Å². The van der Waals surface area contributed by atoms with Crippen LogP contribution >= 0.6 is 0 Å². The predicted octanol–water partition coefficient (Wildman–Crippen LogP) is 0.708. The number of nitrogens with zero attached hydrogens (tertiary/aromatic N) is 2. The second-order valence-electron chi connectivity index (χ2n) is 3.55. The van der Waals surface area contributed by atoms with Gasteiger partial charge in [-0.3, -0.25) is 9.48 Å². The summed E-state index contributed by atoms with van der Waals surface area (Å²) in [5, 5.41) is 14.0. The molecule has 0 aliphatic heterocycles. The van der Waals surface area contributed by atoms with Gasteiger partial charge in [-0.1, -0.05) is 6.92 Å². The topological polar surface area (TPSA) is 64.3 Å². The van der Waals surface area contributed by atoms with Crippen LogP contribution in [0.1, 0.15) is 26.0 Å². The number of carbonyl (C=O) groups excluding carboxylic acids is 1. The fraction of sp³-hybridized carbons (Fsp3) is 0.600. The van der Waals surface area contributed by atoms with Crippen molar-refractivity contribution in [1.29, 1.82) is 0 Å². The maximum atomic E-state index is 10.8. The quantitative estimate of drug-likeness (QED) is 0.730. The van der Waals surface area contributed by atoms with Gasteiger partial charge in [0.05, 0.1) is 13.3 Å². The molecular formula is C10H16N2O3. The molecule has 1 unspecified atom stereocenters. The molecule has 0 amide bonds. The van der Waals surface area contributed by atoms with Crippen LogP contribution in [0.4, 0.5) is 0 Å². The summed E-state index contributed by atoms with van der Waals surface area (Å²) >= 11 is 0. The van der Waals surface area contributed by atoms with Gasteiger partial charge in [0, 0.05) is 6.54 Å². The molecule has 0 aromatic carbocycles. The van der Waals surface area contributed by atoms with Crippen LogP contribution in [0.5, 0.6) is 5.75 Å². The Morgan fingerprint density at radius 3 is 2.87 bits per heavy atom. The zero-order chi connectivity index (χ0) is 11.5. The largest absolute Gasteiger partial charge is 0.493 e. The molecule has 5 nitrogen and oxygen atoms in total. The summed E-state index contributed by atoms with van der Waals surface area (Å²) in [5.74, 6) is 0.431.